The van der Waals surface area contributed by atoms with Crippen molar-refractivity contribution in [2.75, 3.05) is 13.2 Å². The highest BCUT2D eigenvalue weighted by Gasteiger charge is 2.19. The second-order valence-electron chi connectivity index (χ2n) is 20.6. The first-order chi connectivity index (χ1) is 37.0. The van der Waals surface area contributed by atoms with Gasteiger partial charge in [0.15, 0.2) is 6.10 Å². The van der Waals surface area contributed by atoms with Crippen molar-refractivity contribution in [2.24, 2.45) is 0 Å². The predicted octanol–water partition coefficient (Wildman–Crippen LogP) is 21.4. The summed E-state index contributed by atoms with van der Waals surface area (Å²) in [6.07, 6.45) is 85.4. The molecule has 0 radical (unpaired) electrons. The van der Waals surface area contributed by atoms with Crippen LogP contribution < -0.4 is 0 Å². The van der Waals surface area contributed by atoms with Gasteiger partial charge >= 0.3 is 17.9 Å². The molecule has 0 aromatic heterocycles. The van der Waals surface area contributed by atoms with E-state index in [4.69, 9.17) is 14.2 Å². The van der Waals surface area contributed by atoms with E-state index in [9.17, 15) is 14.4 Å². The van der Waals surface area contributed by atoms with Crippen molar-refractivity contribution in [3.05, 3.63) is 109 Å². The highest BCUT2D eigenvalue weighted by Crippen LogP contribution is 2.15. The monoisotopic (exact) mass is 1040 g/mol. The number of esters is 3. The van der Waals surface area contributed by atoms with Gasteiger partial charge in [-0.25, -0.2) is 0 Å². The normalized spacial score (nSPS) is 12.8. The lowest BCUT2D eigenvalue weighted by Gasteiger charge is -2.18. The first-order valence-electron chi connectivity index (χ1n) is 31.4. The minimum Gasteiger partial charge on any atom is -0.462 e. The number of rotatable bonds is 56. The van der Waals surface area contributed by atoms with E-state index in [1.54, 1.807) is 0 Å². The van der Waals surface area contributed by atoms with Gasteiger partial charge in [0, 0.05) is 19.3 Å². The number of carbonyl (C=O) groups excluding carboxylic acids is 3. The molecule has 75 heavy (non-hydrogen) atoms. The molecule has 0 heterocycles. The number of allylic oxidation sites excluding steroid dienone is 18. The summed E-state index contributed by atoms with van der Waals surface area (Å²) in [4.78, 5) is 38.2. The number of hydrogen-bond acceptors (Lipinski definition) is 6. The molecule has 0 rings (SSSR count). The SMILES string of the molecule is CC/C=C\C/C=C\C/C=C\C/C=C\C/C=C\C/C=C\CCC(=O)OC(COC(=O)CCCCCCC/C=C\CCCCCC)COC(=O)CCCCCCCCCCCCCCC/C=C\C/C=C\CCCCCCC. The molecule has 0 aromatic rings. The highest BCUT2D eigenvalue weighted by atomic mass is 16.6. The zero-order chi connectivity index (χ0) is 54.3. The fraction of sp³-hybridized carbons (Fsp3) is 0.696. The number of unbranched alkanes of at least 4 members (excludes halogenated alkanes) is 27. The Balaban J connectivity index is 4.40. The van der Waals surface area contributed by atoms with Crippen molar-refractivity contribution in [1.82, 2.24) is 0 Å². The second kappa shape index (κ2) is 62.6. The van der Waals surface area contributed by atoms with E-state index in [0.29, 0.717) is 19.3 Å². The molecular weight excluding hydrogens is 925 g/mol. The molecule has 6 heteroatoms. The Kier molecular flexibility index (Phi) is 59.3. The smallest absolute Gasteiger partial charge is 0.306 e. The Morgan fingerprint density at radius 2 is 0.547 bits per heavy atom. The van der Waals surface area contributed by atoms with E-state index >= 15 is 0 Å². The zero-order valence-corrected chi connectivity index (χ0v) is 49.0. The average Bonchev–Trinajstić information content (AvgIpc) is 3.41. The molecule has 0 saturated carbocycles. The standard InChI is InChI=1S/C69H116O6/c1-4-7-10-13-16-19-22-25-27-29-31-32-33-34-35-36-38-39-41-44-47-50-53-56-59-62-68(71)74-65-66(64-73-67(70)61-58-55-52-49-46-43-24-21-18-15-12-9-6-3)75-69(72)63-60-57-54-51-48-45-42-40-37-30-28-26-23-20-17-14-11-8-5-2/h8,11,17,20-22,24-26,28-29,31,37,40,45,48,54,57,66H,4-7,9-10,12-16,18-19,23,27,30,32-36,38-39,41-44,46-47,49-53,55-56,58-65H2,1-3H3/b11-8-,20-17-,24-21-,25-22-,28-26-,31-29-,40-37-,48-45-,57-54-. The van der Waals surface area contributed by atoms with Gasteiger partial charge in [0.1, 0.15) is 13.2 Å². The van der Waals surface area contributed by atoms with E-state index in [0.717, 1.165) is 96.3 Å². The van der Waals surface area contributed by atoms with Gasteiger partial charge in [-0.3, -0.25) is 14.4 Å². The van der Waals surface area contributed by atoms with Gasteiger partial charge in [0.25, 0.3) is 0 Å². The van der Waals surface area contributed by atoms with Gasteiger partial charge < -0.3 is 14.2 Å². The van der Waals surface area contributed by atoms with Crippen LogP contribution in [-0.4, -0.2) is 37.2 Å². The van der Waals surface area contributed by atoms with Gasteiger partial charge in [0.05, 0.1) is 0 Å². The number of ether oxygens (including phenoxy) is 3. The number of carbonyl (C=O) groups is 3. The lowest BCUT2D eigenvalue weighted by atomic mass is 10.0. The fourth-order valence-corrected chi connectivity index (χ4v) is 8.55. The molecular formula is C69H116O6. The van der Waals surface area contributed by atoms with Crippen molar-refractivity contribution in [3.8, 4) is 0 Å². The van der Waals surface area contributed by atoms with Crippen molar-refractivity contribution in [2.45, 2.75) is 297 Å². The van der Waals surface area contributed by atoms with Crippen molar-refractivity contribution >= 4 is 17.9 Å². The molecule has 0 spiro atoms. The van der Waals surface area contributed by atoms with E-state index in [1.165, 1.54) is 148 Å². The lowest BCUT2D eigenvalue weighted by Crippen LogP contribution is -2.30. The van der Waals surface area contributed by atoms with Gasteiger partial charge in [-0.2, -0.15) is 0 Å². The van der Waals surface area contributed by atoms with Crippen molar-refractivity contribution < 1.29 is 28.6 Å². The summed E-state index contributed by atoms with van der Waals surface area (Å²) in [5.74, 6) is -1.00. The summed E-state index contributed by atoms with van der Waals surface area (Å²) in [5, 5.41) is 0. The largest absolute Gasteiger partial charge is 0.462 e. The average molecular weight is 1040 g/mol. The van der Waals surface area contributed by atoms with Crippen LogP contribution in [0.3, 0.4) is 0 Å². The Bertz CT molecular complexity index is 1520. The van der Waals surface area contributed by atoms with Crippen LogP contribution in [-0.2, 0) is 28.6 Å². The molecule has 0 aliphatic rings. The fourth-order valence-electron chi connectivity index (χ4n) is 8.55. The third-order valence-corrected chi connectivity index (χ3v) is 13.2. The first kappa shape index (κ1) is 71.1. The molecule has 0 bridgehead atoms. The van der Waals surface area contributed by atoms with Gasteiger partial charge in [-0.05, 0) is 116 Å². The lowest BCUT2D eigenvalue weighted by molar-refractivity contribution is -0.166. The summed E-state index contributed by atoms with van der Waals surface area (Å²) in [5.41, 5.74) is 0. The van der Waals surface area contributed by atoms with Gasteiger partial charge in [-0.15, -0.1) is 0 Å². The highest BCUT2D eigenvalue weighted by molar-refractivity contribution is 5.71. The Morgan fingerprint density at radius 1 is 0.280 bits per heavy atom. The van der Waals surface area contributed by atoms with Crippen LogP contribution >= 0.6 is 0 Å². The Morgan fingerprint density at radius 3 is 0.893 bits per heavy atom. The van der Waals surface area contributed by atoms with Crippen LogP contribution in [0.2, 0.25) is 0 Å². The van der Waals surface area contributed by atoms with E-state index in [-0.39, 0.29) is 31.6 Å². The molecule has 1 atom stereocenters. The van der Waals surface area contributed by atoms with E-state index in [1.807, 2.05) is 6.08 Å². The molecule has 0 N–H and O–H groups in total. The quantitative estimate of drug-likeness (QED) is 0.0261. The van der Waals surface area contributed by atoms with Gasteiger partial charge in [-0.1, -0.05) is 265 Å². The molecule has 0 amide bonds. The molecule has 428 valence electrons. The zero-order valence-electron chi connectivity index (χ0n) is 49.0. The van der Waals surface area contributed by atoms with E-state index < -0.39 is 12.1 Å². The Hall–Kier alpha value is -3.93. The molecule has 0 aromatic carbocycles. The molecule has 0 aliphatic heterocycles. The minimum absolute atomic E-state index is 0.111. The van der Waals surface area contributed by atoms with E-state index in [2.05, 4.69) is 124 Å². The summed E-state index contributed by atoms with van der Waals surface area (Å²) >= 11 is 0. The van der Waals surface area contributed by atoms with Crippen LogP contribution in [0.15, 0.2) is 109 Å². The maximum absolute atomic E-state index is 12.9. The Labute approximate surface area is 463 Å². The van der Waals surface area contributed by atoms with Crippen LogP contribution in [0.1, 0.15) is 290 Å². The molecule has 1 unspecified atom stereocenters. The van der Waals surface area contributed by atoms with Crippen LogP contribution in [0.4, 0.5) is 0 Å². The maximum atomic E-state index is 12.9. The van der Waals surface area contributed by atoms with Crippen molar-refractivity contribution in [3.63, 3.8) is 0 Å². The minimum atomic E-state index is -0.824. The number of hydrogen-bond donors (Lipinski definition) is 0. The molecule has 0 aliphatic carbocycles. The summed E-state index contributed by atoms with van der Waals surface area (Å²) in [6, 6.07) is 0. The van der Waals surface area contributed by atoms with Crippen LogP contribution in [0.25, 0.3) is 0 Å². The van der Waals surface area contributed by atoms with Crippen LogP contribution in [0.5, 0.6) is 0 Å². The van der Waals surface area contributed by atoms with Gasteiger partial charge in [0.2, 0.25) is 0 Å². The molecule has 0 saturated heterocycles. The maximum Gasteiger partial charge on any atom is 0.306 e. The predicted molar refractivity (Wildman–Crippen MR) is 325 cm³/mol. The van der Waals surface area contributed by atoms with Crippen molar-refractivity contribution in [1.29, 1.82) is 0 Å². The third kappa shape index (κ3) is 60.8. The summed E-state index contributed by atoms with van der Waals surface area (Å²) in [7, 11) is 0. The topological polar surface area (TPSA) is 78.9 Å². The summed E-state index contributed by atoms with van der Waals surface area (Å²) in [6.45, 7) is 6.45. The second-order valence-corrected chi connectivity index (χ2v) is 20.6. The first-order valence-corrected chi connectivity index (χ1v) is 31.4. The third-order valence-electron chi connectivity index (χ3n) is 13.2. The molecule has 6 nitrogen and oxygen atoms in total. The summed E-state index contributed by atoms with van der Waals surface area (Å²) < 4.78 is 16.8. The molecule has 0 fully saturated rings. The van der Waals surface area contributed by atoms with Crippen LogP contribution in [0, 0.1) is 0 Å².